The molecule has 0 bridgehead atoms. The zero-order valence-electron chi connectivity index (χ0n) is 15.3. The van der Waals surface area contributed by atoms with Crippen LogP contribution in [0.4, 0.5) is 11.4 Å². The summed E-state index contributed by atoms with van der Waals surface area (Å²) in [6, 6.07) is 13.9. The van der Waals surface area contributed by atoms with Gasteiger partial charge in [0, 0.05) is 16.8 Å². The number of carbonyl (C=O) groups is 2. The highest BCUT2D eigenvalue weighted by Gasteiger charge is 2.21. The molecule has 0 aliphatic heterocycles. The van der Waals surface area contributed by atoms with Crippen LogP contribution in [0.25, 0.3) is 0 Å². The third kappa shape index (κ3) is 5.49. The van der Waals surface area contributed by atoms with Crippen molar-refractivity contribution in [3.05, 3.63) is 53.6 Å². The van der Waals surface area contributed by atoms with Crippen molar-refractivity contribution in [1.29, 1.82) is 0 Å². The Hall–Kier alpha value is -2.53. The number of rotatable bonds is 5. The van der Waals surface area contributed by atoms with Gasteiger partial charge in [0.1, 0.15) is 5.75 Å². The van der Waals surface area contributed by atoms with E-state index in [4.69, 9.17) is 16.3 Å². The number of hydrogen-bond donors (Lipinski definition) is 2. The molecule has 0 spiro atoms. The molecule has 2 aromatic carbocycles. The average Bonchev–Trinajstić information content (AvgIpc) is 2.57. The molecule has 2 aromatic rings. The largest absolute Gasteiger partial charge is 0.479 e. The minimum atomic E-state index is -0.713. The van der Waals surface area contributed by atoms with Crippen molar-refractivity contribution in [2.24, 2.45) is 5.41 Å². The zero-order chi connectivity index (χ0) is 19.3. The molecule has 0 saturated carbocycles. The van der Waals surface area contributed by atoms with E-state index in [1.165, 1.54) is 0 Å². The van der Waals surface area contributed by atoms with Gasteiger partial charge in [-0.1, -0.05) is 44.5 Å². The molecular formula is C20H23ClN2O3. The van der Waals surface area contributed by atoms with E-state index in [-0.39, 0.29) is 11.8 Å². The fourth-order valence-corrected chi connectivity index (χ4v) is 2.16. The number of ether oxygens (including phenoxy) is 1. The van der Waals surface area contributed by atoms with Crippen LogP contribution in [-0.4, -0.2) is 17.9 Å². The summed E-state index contributed by atoms with van der Waals surface area (Å²) >= 11 is 6.03. The molecule has 2 amide bonds. The van der Waals surface area contributed by atoms with Crippen LogP contribution < -0.4 is 15.4 Å². The molecule has 5 nitrogen and oxygen atoms in total. The van der Waals surface area contributed by atoms with E-state index in [0.29, 0.717) is 22.1 Å². The van der Waals surface area contributed by atoms with Gasteiger partial charge in [0.05, 0.1) is 5.02 Å². The lowest BCUT2D eigenvalue weighted by atomic mass is 9.95. The number of para-hydroxylation sites is 1. The van der Waals surface area contributed by atoms with Gasteiger partial charge in [0.15, 0.2) is 6.10 Å². The summed E-state index contributed by atoms with van der Waals surface area (Å²) in [5.41, 5.74) is 0.805. The predicted molar refractivity (Wildman–Crippen MR) is 105 cm³/mol. The van der Waals surface area contributed by atoms with Gasteiger partial charge in [0.2, 0.25) is 5.91 Å². The first kappa shape index (κ1) is 19.8. The number of amides is 2. The van der Waals surface area contributed by atoms with Crippen LogP contribution in [0.3, 0.4) is 0 Å². The predicted octanol–water partition coefficient (Wildman–Crippen LogP) is 4.73. The first-order valence-corrected chi connectivity index (χ1v) is 8.68. The van der Waals surface area contributed by atoms with Gasteiger partial charge in [-0.25, -0.2) is 0 Å². The molecule has 0 heterocycles. The van der Waals surface area contributed by atoms with Gasteiger partial charge >= 0.3 is 0 Å². The highest BCUT2D eigenvalue weighted by molar-refractivity contribution is 6.32. The average molecular weight is 375 g/mol. The van der Waals surface area contributed by atoms with E-state index < -0.39 is 11.5 Å². The van der Waals surface area contributed by atoms with E-state index >= 15 is 0 Å². The Morgan fingerprint density at radius 2 is 1.50 bits per heavy atom. The highest BCUT2D eigenvalue weighted by Crippen LogP contribution is 2.24. The van der Waals surface area contributed by atoms with Gasteiger partial charge in [-0.05, 0) is 43.3 Å². The molecule has 0 aliphatic rings. The maximum Gasteiger partial charge on any atom is 0.265 e. The Kier molecular flexibility index (Phi) is 6.27. The summed E-state index contributed by atoms with van der Waals surface area (Å²) in [6.45, 7) is 7.18. The first-order chi connectivity index (χ1) is 12.2. The second-order valence-corrected chi connectivity index (χ2v) is 7.37. The minimum absolute atomic E-state index is 0.0731. The van der Waals surface area contributed by atoms with Crippen molar-refractivity contribution in [3.63, 3.8) is 0 Å². The molecule has 0 saturated heterocycles. The molecule has 0 radical (unpaired) electrons. The standard InChI is InChI=1S/C20H23ClN2O3/c1-13(26-17-8-6-5-7-16(17)21)18(24)22-14-9-11-15(12-10-14)23-19(25)20(2,3)4/h5-13H,1-4H3,(H,22,24)(H,23,25). The van der Waals surface area contributed by atoms with Gasteiger partial charge < -0.3 is 15.4 Å². The number of nitrogens with one attached hydrogen (secondary N) is 2. The Morgan fingerprint density at radius 3 is 2.04 bits per heavy atom. The van der Waals surface area contributed by atoms with Crippen molar-refractivity contribution in [1.82, 2.24) is 0 Å². The van der Waals surface area contributed by atoms with E-state index in [1.807, 2.05) is 20.8 Å². The molecule has 1 atom stereocenters. The van der Waals surface area contributed by atoms with Crippen LogP contribution >= 0.6 is 11.6 Å². The minimum Gasteiger partial charge on any atom is -0.479 e. The van der Waals surface area contributed by atoms with Gasteiger partial charge in [-0.2, -0.15) is 0 Å². The molecule has 6 heteroatoms. The van der Waals surface area contributed by atoms with Crippen molar-refractivity contribution in [2.75, 3.05) is 10.6 Å². The molecule has 0 aliphatic carbocycles. The number of carbonyl (C=O) groups excluding carboxylic acids is 2. The molecule has 0 fully saturated rings. The summed E-state index contributed by atoms with van der Waals surface area (Å²) in [4.78, 5) is 24.3. The van der Waals surface area contributed by atoms with Crippen molar-refractivity contribution in [3.8, 4) is 5.75 Å². The van der Waals surface area contributed by atoms with E-state index in [0.717, 1.165) is 0 Å². The summed E-state index contributed by atoms with van der Waals surface area (Å²) in [5.74, 6) is 0.0875. The molecule has 1 unspecified atom stereocenters. The Labute approximate surface area is 158 Å². The second-order valence-electron chi connectivity index (χ2n) is 6.96. The quantitative estimate of drug-likeness (QED) is 0.794. The summed E-state index contributed by atoms with van der Waals surface area (Å²) < 4.78 is 5.59. The van der Waals surface area contributed by atoms with Crippen LogP contribution in [0.1, 0.15) is 27.7 Å². The Bertz CT molecular complexity index is 782. The second kappa shape index (κ2) is 8.23. The normalized spacial score (nSPS) is 12.2. The molecule has 138 valence electrons. The highest BCUT2D eigenvalue weighted by atomic mass is 35.5. The molecule has 2 rings (SSSR count). The monoisotopic (exact) mass is 374 g/mol. The fraction of sp³-hybridized carbons (Fsp3) is 0.300. The first-order valence-electron chi connectivity index (χ1n) is 8.30. The summed E-state index contributed by atoms with van der Waals surface area (Å²) in [6.07, 6.45) is -0.713. The lowest BCUT2D eigenvalue weighted by Gasteiger charge is -2.18. The number of hydrogen-bond acceptors (Lipinski definition) is 3. The maximum atomic E-state index is 12.3. The molecule has 2 N–H and O–H groups in total. The van der Waals surface area contributed by atoms with Gasteiger partial charge in [-0.3, -0.25) is 9.59 Å². The fourth-order valence-electron chi connectivity index (χ4n) is 1.98. The van der Waals surface area contributed by atoms with Crippen molar-refractivity contribution >= 4 is 34.8 Å². The van der Waals surface area contributed by atoms with Crippen LogP contribution in [0.5, 0.6) is 5.75 Å². The SMILES string of the molecule is CC(Oc1ccccc1Cl)C(=O)Nc1ccc(NC(=O)C(C)(C)C)cc1. The van der Waals surface area contributed by atoms with E-state index in [9.17, 15) is 9.59 Å². The van der Waals surface area contributed by atoms with Crippen LogP contribution in [0, 0.1) is 5.41 Å². The maximum absolute atomic E-state index is 12.3. The Balaban J connectivity index is 1.94. The van der Waals surface area contributed by atoms with Gasteiger partial charge in [0.25, 0.3) is 5.91 Å². The van der Waals surface area contributed by atoms with Gasteiger partial charge in [-0.15, -0.1) is 0 Å². The zero-order valence-corrected chi connectivity index (χ0v) is 16.1. The van der Waals surface area contributed by atoms with Crippen molar-refractivity contribution < 1.29 is 14.3 Å². The number of anilines is 2. The topological polar surface area (TPSA) is 67.4 Å². The third-order valence-corrected chi connectivity index (χ3v) is 3.91. The van der Waals surface area contributed by atoms with E-state index in [2.05, 4.69) is 10.6 Å². The summed E-state index contributed by atoms with van der Waals surface area (Å²) in [7, 11) is 0. The van der Waals surface area contributed by atoms with Crippen LogP contribution in [-0.2, 0) is 9.59 Å². The lowest BCUT2D eigenvalue weighted by Crippen LogP contribution is -2.30. The third-order valence-electron chi connectivity index (χ3n) is 3.60. The molecule has 26 heavy (non-hydrogen) atoms. The van der Waals surface area contributed by atoms with Crippen LogP contribution in [0.2, 0.25) is 5.02 Å². The van der Waals surface area contributed by atoms with Crippen LogP contribution in [0.15, 0.2) is 48.5 Å². The number of halogens is 1. The Morgan fingerprint density at radius 1 is 0.962 bits per heavy atom. The summed E-state index contributed by atoms with van der Waals surface area (Å²) in [5, 5.41) is 6.06. The number of benzene rings is 2. The van der Waals surface area contributed by atoms with Crippen molar-refractivity contribution in [2.45, 2.75) is 33.8 Å². The molecular weight excluding hydrogens is 352 g/mol. The smallest absolute Gasteiger partial charge is 0.265 e. The van der Waals surface area contributed by atoms with E-state index in [1.54, 1.807) is 55.5 Å². The lowest BCUT2D eigenvalue weighted by molar-refractivity contribution is -0.123. The molecule has 0 aromatic heterocycles.